The molecule has 0 radical (unpaired) electrons. The molecule has 0 bridgehead atoms. The van der Waals surface area contributed by atoms with Crippen molar-refractivity contribution in [2.75, 3.05) is 0 Å². The lowest BCUT2D eigenvalue weighted by Gasteiger charge is -1.86. The Bertz CT molecular complexity index is 1330. The first kappa shape index (κ1) is 13.9. The van der Waals surface area contributed by atoms with Gasteiger partial charge in [0.05, 0.1) is 24.8 Å². The van der Waals surface area contributed by atoms with E-state index in [2.05, 4.69) is 35.6 Å². The van der Waals surface area contributed by atoms with Crippen LogP contribution in [0.15, 0.2) is 61.4 Å². The summed E-state index contributed by atoms with van der Waals surface area (Å²) in [4.78, 5) is 4.39. The monoisotopic (exact) mass is 359 g/mol. The first-order chi connectivity index (χ1) is 13.4. The number of rotatable bonds is 2. The smallest absolute Gasteiger partial charge is 0.197 e. The Labute approximate surface area is 149 Å². The van der Waals surface area contributed by atoms with Gasteiger partial charge in [-0.25, -0.2) is 0 Å². The van der Waals surface area contributed by atoms with Crippen LogP contribution < -0.4 is 13.6 Å². The maximum absolute atomic E-state index is 4.44. The molecule has 12 nitrogen and oxygen atoms in total. The van der Waals surface area contributed by atoms with Gasteiger partial charge in [0, 0.05) is 22.3 Å². The van der Waals surface area contributed by atoms with Gasteiger partial charge in [0.25, 0.3) is 5.65 Å². The van der Waals surface area contributed by atoms with Crippen molar-refractivity contribution >= 4 is 17.1 Å². The second-order valence-electron chi connectivity index (χ2n) is 5.73. The quantitative estimate of drug-likeness (QED) is 0.364. The Morgan fingerprint density at radius 1 is 0.963 bits per heavy atom. The van der Waals surface area contributed by atoms with Gasteiger partial charge in [-0.15, -0.1) is 10.1 Å². The number of nitrogens with one attached hydrogen (secondary N) is 1. The maximum atomic E-state index is 4.44. The number of H-pyrrole nitrogens is 1. The number of hydrogen-bond donors (Lipinski definition) is 1. The topological polar surface area (TPSA) is 115 Å². The molecule has 0 aliphatic rings. The molecule has 6 aromatic rings. The van der Waals surface area contributed by atoms with Crippen LogP contribution >= 0.6 is 0 Å². The van der Waals surface area contributed by atoms with E-state index in [0.29, 0.717) is 23.3 Å². The molecule has 0 amide bonds. The summed E-state index contributed by atoms with van der Waals surface area (Å²) in [6, 6.07) is 9.23. The third-order valence-corrected chi connectivity index (χ3v) is 4.17. The van der Waals surface area contributed by atoms with Gasteiger partial charge in [-0.1, -0.05) is 10.2 Å². The number of hydrogen-bond acceptors (Lipinski definition) is 6. The molecule has 1 N–H and O–H groups in total. The van der Waals surface area contributed by atoms with Gasteiger partial charge in [-0.3, -0.25) is 0 Å². The number of nitrogens with zero attached hydrogens (tertiary/aromatic N) is 11. The Kier molecular flexibility index (Phi) is 2.61. The lowest BCUT2D eigenvalue weighted by molar-refractivity contribution is -0.686. The van der Waals surface area contributed by atoms with E-state index in [9.17, 15) is 0 Å². The summed E-state index contributed by atoms with van der Waals surface area (Å²) >= 11 is 0. The lowest BCUT2D eigenvalue weighted by Crippen LogP contribution is -2.39. The van der Waals surface area contributed by atoms with Crippen LogP contribution in [0.3, 0.4) is 0 Å². The SMILES string of the molecule is c1cnn2c(-[n+]3[nH]c(-n4nc[n+]5cccnc45)[n+]4ncccc34)nnc2c1. The molecule has 27 heavy (non-hydrogen) atoms. The summed E-state index contributed by atoms with van der Waals surface area (Å²) < 4.78 is 8.57. The minimum Gasteiger partial charge on any atom is -0.197 e. The fraction of sp³-hybridized carbons (Fsp3) is 0. The highest BCUT2D eigenvalue weighted by Crippen LogP contribution is 2.04. The molecule has 6 heterocycles. The Morgan fingerprint density at radius 3 is 2.93 bits per heavy atom. The third kappa shape index (κ3) is 1.88. The van der Waals surface area contributed by atoms with E-state index >= 15 is 0 Å². The molecule has 6 rings (SSSR count). The zero-order valence-electron chi connectivity index (χ0n) is 13.7. The zero-order valence-corrected chi connectivity index (χ0v) is 13.7. The van der Waals surface area contributed by atoms with Gasteiger partial charge in [-0.05, 0) is 36.6 Å². The molecule has 0 unspecified atom stereocenters. The molecule has 0 aliphatic heterocycles. The van der Waals surface area contributed by atoms with E-state index in [-0.39, 0.29) is 0 Å². The summed E-state index contributed by atoms with van der Waals surface area (Å²) in [6.45, 7) is 0. The molecule has 0 saturated carbocycles. The van der Waals surface area contributed by atoms with Crippen LogP contribution in [0.2, 0.25) is 0 Å². The average molecular weight is 359 g/mol. The number of aromatic nitrogens is 12. The summed E-state index contributed by atoms with van der Waals surface area (Å²) in [5.41, 5.74) is 1.37. The standard InChI is InChI=1S/C15H10N12/c1-4-11-20-21-14(24(11)17-7-1)26-12-5-2-8-18-25(12)15(22-26)27-13-16-6-3-9-23(13)10-19-27/h1-10H/q+2/p+1. The van der Waals surface area contributed by atoms with Crippen molar-refractivity contribution < 1.29 is 13.6 Å². The molecule has 0 fully saturated rings. The molecule has 128 valence electrons. The fourth-order valence-electron chi connectivity index (χ4n) is 3.00. The van der Waals surface area contributed by atoms with Crippen LogP contribution in [0.5, 0.6) is 0 Å². The van der Waals surface area contributed by atoms with Crippen LogP contribution in [0, 0.1) is 0 Å². The summed E-state index contributed by atoms with van der Waals surface area (Å²) in [6.07, 6.45) is 8.64. The number of aromatic amines is 1. The molecule has 0 spiro atoms. The average Bonchev–Trinajstić information content (AvgIpc) is 3.42. The van der Waals surface area contributed by atoms with E-state index < -0.39 is 0 Å². The molecule has 0 atom stereocenters. The molecule has 12 heteroatoms. The van der Waals surface area contributed by atoms with Crippen molar-refractivity contribution in [1.82, 2.24) is 44.8 Å². The van der Waals surface area contributed by atoms with E-state index in [0.717, 1.165) is 5.65 Å². The molecule has 0 aliphatic carbocycles. The van der Waals surface area contributed by atoms with Gasteiger partial charge >= 0.3 is 23.3 Å². The van der Waals surface area contributed by atoms with Gasteiger partial charge < -0.3 is 0 Å². The predicted molar refractivity (Wildman–Crippen MR) is 85.7 cm³/mol. The second kappa shape index (κ2) is 5.08. The van der Waals surface area contributed by atoms with Crippen molar-refractivity contribution in [3.05, 3.63) is 61.4 Å². The molecular formula is C15H11N12+3. The largest absolute Gasteiger partial charge is 0.570 e. The van der Waals surface area contributed by atoms with Crippen molar-refractivity contribution in [2.24, 2.45) is 0 Å². The Hall–Kier alpha value is -4.35. The van der Waals surface area contributed by atoms with Gasteiger partial charge in [0.2, 0.25) is 6.33 Å². The van der Waals surface area contributed by atoms with Crippen molar-refractivity contribution in [1.29, 1.82) is 0 Å². The fourth-order valence-corrected chi connectivity index (χ4v) is 3.00. The maximum Gasteiger partial charge on any atom is 0.570 e. The van der Waals surface area contributed by atoms with E-state index in [1.54, 1.807) is 43.3 Å². The summed E-state index contributed by atoms with van der Waals surface area (Å²) in [7, 11) is 0. The highest BCUT2D eigenvalue weighted by atomic mass is 15.6. The predicted octanol–water partition coefficient (Wildman–Crippen LogP) is -1.82. The Morgan fingerprint density at radius 2 is 1.93 bits per heavy atom. The van der Waals surface area contributed by atoms with Crippen molar-refractivity contribution in [2.45, 2.75) is 0 Å². The minimum absolute atomic E-state index is 0.499. The zero-order chi connectivity index (χ0) is 17.8. The highest BCUT2D eigenvalue weighted by Gasteiger charge is 2.34. The molecule has 6 aromatic heterocycles. The van der Waals surface area contributed by atoms with E-state index in [1.807, 2.05) is 40.9 Å². The first-order valence-electron chi connectivity index (χ1n) is 8.08. The van der Waals surface area contributed by atoms with Gasteiger partial charge in [0.15, 0.2) is 0 Å². The lowest BCUT2D eigenvalue weighted by atomic mass is 10.5. The highest BCUT2D eigenvalue weighted by molar-refractivity contribution is 5.37. The van der Waals surface area contributed by atoms with Gasteiger partial charge in [-0.2, -0.15) is 4.40 Å². The molecular weight excluding hydrogens is 348 g/mol. The Balaban J connectivity index is 1.69. The number of fused-ring (bicyclic) bond motifs is 3. The van der Waals surface area contributed by atoms with Gasteiger partial charge in [0.1, 0.15) is 5.10 Å². The third-order valence-electron chi connectivity index (χ3n) is 4.17. The van der Waals surface area contributed by atoms with Crippen LogP contribution in [-0.2, 0) is 0 Å². The summed E-state index contributed by atoms with van der Waals surface area (Å²) in [5, 5.41) is 24.9. The van der Waals surface area contributed by atoms with Crippen LogP contribution in [0.25, 0.3) is 29.0 Å². The second-order valence-corrected chi connectivity index (χ2v) is 5.73. The van der Waals surface area contributed by atoms with Crippen molar-refractivity contribution in [3.63, 3.8) is 0 Å². The van der Waals surface area contributed by atoms with Crippen LogP contribution in [0.1, 0.15) is 0 Å². The molecule has 0 aromatic carbocycles. The minimum atomic E-state index is 0.499. The van der Waals surface area contributed by atoms with E-state index in [4.69, 9.17) is 0 Å². The van der Waals surface area contributed by atoms with Crippen molar-refractivity contribution in [3.8, 4) is 11.9 Å². The summed E-state index contributed by atoms with van der Waals surface area (Å²) in [5.74, 6) is 1.72. The van der Waals surface area contributed by atoms with Crippen LogP contribution in [0.4, 0.5) is 0 Å². The normalized spacial score (nSPS) is 11.7. The molecule has 0 saturated heterocycles. The van der Waals surface area contributed by atoms with Crippen LogP contribution in [-0.4, -0.2) is 44.8 Å². The van der Waals surface area contributed by atoms with E-state index in [1.165, 1.54) is 0 Å². The first-order valence-corrected chi connectivity index (χ1v) is 8.08.